The number of ether oxygens (including phenoxy) is 3. The standard InChI is InChI=1S/C15H22ClNO4/c1-9(2)11(16)8-17-15(18)10-6-7-12(19-3)14(21-5)13(10)20-4/h6-7,9,11H,8H2,1-5H3,(H,17,18). The predicted molar refractivity (Wildman–Crippen MR) is 82.9 cm³/mol. The van der Waals surface area contributed by atoms with E-state index in [1.165, 1.54) is 21.3 Å². The number of rotatable bonds is 7. The zero-order valence-corrected chi connectivity index (χ0v) is 13.8. The first-order valence-electron chi connectivity index (χ1n) is 6.67. The fourth-order valence-corrected chi connectivity index (χ4v) is 1.88. The zero-order chi connectivity index (χ0) is 16.0. The summed E-state index contributed by atoms with van der Waals surface area (Å²) in [6.45, 7) is 4.39. The van der Waals surface area contributed by atoms with Crippen LogP contribution in [-0.4, -0.2) is 39.2 Å². The SMILES string of the molecule is COc1ccc(C(=O)NCC(Cl)C(C)C)c(OC)c1OC. The highest BCUT2D eigenvalue weighted by Crippen LogP contribution is 2.39. The van der Waals surface area contributed by atoms with E-state index in [4.69, 9.17) is 25.8 Å². The largest absolute Gasteiger partial charge is 0.493 e. The molecule has 0 saturated carbocycles. The van der Waals surface area contributed by atoms with Crippen molar-refractivity contribution in [2.75, 3.05) is 27.9 Å². The van der Waals surface area contributed by atoms with Crippen LogP contribution in [0.15, 0.2) is 12.1 Å². The molecular weight excluding hydrogens is 294 g/mol. The van der Waals surface area contributed by atoms with Crippen LogP contribution in [0.5, 0.6) is 17.2 Å². The van der Waals surface area contributed by atoms with E-state index in [1.807, 2.05) is 13.8 Å². The molecule has 1 N–H and O–H groups in total. The van der Waals surface area contributed by atoms with Gasteiger partial charge < -0.3 is 19.5 Å². The lowest BCUT2D eigenvalue weighted by molar-refractivity contribution is 0.0948. The minimum absolute atomic E-state index is 0.125. The van der Waals surface area contributed by atoms with Crippen LogP contribution >= 0.6 is 11.6 Å². The summed E-state index contributed by atoms with van der Waals surface area (Å²) in [5.74, 6) is 1.24. The summed E-state index contributed by atoms with van der Waals surface area (Å²) >= 11 is 6.14. The second-order valence-electron chi connectivity index (χ2n) is 4.85. The summed E-state index contributed by atoms with van der Waals surface area (Å²) in [5.41, 5.74) is 0.378. The third-order valence-electron chi connectivity index (χ3n) is 3.13. The number of benzene rings is 1. The number of nitrogens with one attached hydrogen (secondary N) is 1. The average molecular weight is 316 g/mol. The van der Waals surface area contributed by atoms with E-state index < -0.39 is 0 Å². The molecule has 1 rings (SSSR count). The van der Waals surface area contributed by atoms with Gasteiger partial charge in [0.15, 0.2) is 11.5 Å². The molecular formula is C15H22ClNO4. The topological polar surface area (TPSA) is 56.8 Å². The minimum Gasteiger partial charge on any atom is -0.493 e. The summed E-state index contributed by atoms with van der Waals surface area (Å²) in [7, 11) is 4.50. The van der Waals surface area contributed by atoms with Crippen molar-refractivity contribution in [1.29, 1.82) is 0 Å². The first-order chi connectivity index (χ1) is 9.96. The van der Waals surface area contributed by atoms with Gasteiger partial charge in [-0.05, 0) is 18.1 Å². The smallest absolute Gasteiger partial charge is 0.255 e. The second kappa shape index (κ2) is 7.98. The third kappa shape index (κ3) is 4.17. The number of halogens is 1. The first kappa shape index (κ1) is 17.4. The number of carbonyl (C=O) groups is 1. The van der Waals surface area contributed by atoms with Gasteiger partial charge in [-0.1, -0.05) is 13.8 Å². The molecule has 1 atom stereocenters. The summed E-state index contributed by atoms with van der Waals surface area (Å²) < 4.78 is 15.7. The maximum atomic E-state index is 12.3. The molecule has 1 aromatic rings. The van der Waals surface area contributed by atoms with Crippen LogP contribution in [0, 0.1) is 5.92 Å². The number of methoxy groups -OCH3 is 3. The van der Waals surface area contributed by atoms with Crippen molar-refractivity contribution in [2.45, 2.75) is 19.2 Å². The molecule has 0 heterocycles. The summed E-state index contributed by atoms with van der Waals surface area (Å²) in [5, 5.41) is 2.67. The molecule has 0 bridgehead atoms. The van der Waals surface area contributed by atoms with Gasteiger partial charge >= 0.3 is 0 Å². The highest BCUT2D eigenvalue weighted by molar-refractivity contribution is 6.21. The van der Waals surface area contributed by atoms with Crippen molar-refractivity contribution in [1.82, 2.24) is 5.32 Å². The molecule has 21 heavy (non-hydrogen) atoms. The Hall–Kier alpha value is -1.62. The van der Waals surface area contributed by atoms with Crippen LogP contribution in [0.3, 0.4) is 0 Å². The summed E-state index contributed by atoms with van der Waals surface area (Å²) in [4.78, 5) is 12.3. The molecule has 1 unspecified atom stereocenters. The van der Waals surface area contributed by atoms with E-state index in [1.54, 1.807) is 12.1 Å². The van der Waals surface area contributed by atoms with E-state index in [0.29, 0.717) is 29.4 Å². The predicted octanol–water partition coefficient (Wildman–Crippen LogP) is 2.71. The Balaban J connectivity index is 2.99. The Morgan fingerprint density at radius 1 is 1.14 bits per heavy atom. The van der Waals surface area contributed by atoms with Crippen molar-refractivity contribution < 1.29 is 19.0 Å². The Bertz CT molecular complexity index is 491. The van der Waals surface area contributed by atoms with Crippen LogP contribution in [-0.2, 0) is 0 Å². The van der Waals surface area contributed by atoms with Gasteiger partial charge in [-0.25, -0.2) is 0 Å². The minimum atomic E-state index is -0.265. The molecule has 0 aromatic heterocycles. The van der Waals surface area contributed by atoms with Crippen LogP contribution < -0.4 is 19.5 Å². The number of alkyl halides is 1. The highest BCUT2D eigenvalue weighted by Gasteiger charge is 2.21. The molecule has 0 fully saturated rings. The quantitative estimate of drug-likeness (QED) is 0.786. The summed E-state index contributed by atoms with van der Waals surface area (Å²) in [6, 6.07) is 3.30. The highest BCUT2D eigenvalue weighted by atomic mass is 35.5. The normalized spacial score (nSPS) is 12.0. The van der Waals surface area contributed by atoms with E-state index in [-0.39, 0.29) is 17.2 Å². The van der Waals surface area contributed by atoms with E-state index in [0.717, 1.165) is 0 Å². The van der Waals surface area contributed by atoms with Crippen molar-refractivity contribution in [3.63, 3.8) is 0 Å². The number of amides is 1. The molecule has 0 saturated heterocycles. The van der Waals surface area contributed by atoms with Gasteiger partial charge in [0.1, 0.15) is 0 Å². The van der Waals surface area contributed by atoms with Crippen LogP contribution in [0.2, 0.25) is 0 Å². The molecule has 118 valence electrons. The van der Waals surface area contributed by atoms with Gasteiger partial charge in [0.05, 0.1) is 32.3 Å². The monoisotopic (exact) mass is 315 g/mol. The fourth-order valence-electron chi connectivity index (χ4n) is 1.80. The molecule has 0 aliphatic heterocycles. The lowest BCUT2D eigenvalue weighted by Crippen LogP contribution is -2.32. The molecule has 0 aliphatic rings. The molecule has 0 radical (unpaired) electrons. The lowest BCUT2D eigenvalue weighted by atomic mass is 10.1. The molecule has 1 aromatic carbocycles. The average Bonchev–Trinajstić information content (AvgIpc) is 2.49. The van der Waals surface area contributed by atoms with Gasteiger partial charge in [0.2, 0.25) is 5.75 Å². The van der Waals surface area contributed by atoms with Crippen molar-refractivity contribution >= 4 is 17.5 Å². The van der Waals surface area contributed by atoms with Gasteiger partial charge in [-0.2, -0.15) is 0 Å². The van der Waals surface area contributed by atoms with E-state index >= 15 is 0 Å². The van der Waals surface area contributed by atoms with Gasteiger partial charge in [0, 0.05) is 6.54 Å². The second-order valence-corrected chi connectivity index (χ2v) is 5.41. The number of carbonyl (C=O) groups excluding carboxylic acids is 1. The molecule has 0 spiro atoms. The summed E-state index contributed by atoms with van der Waals surface area (Å²) in [6.07, 6.45) is 0. The molecule has 6 heteroatoms. The fraction of sp³-hybridized carbons (Fsp3) is 0.533. The lowest BCUT2D eigenvalue weighted by Gasteiger charge is -2.17. The Labute approximate surface area is 130 Å². The van der Waals surface area contributed by atoms with Gasteiger partial charge in [-0.15, -0.1) is 11.6 Å². The molecule has 1 amide bonds. The third-order valence-corrected chi connectivity index (χ3v) is 3.79. The Kier molecular flexibility index (Phi) is 6.62. The molecule has 0 aliphatic carbocycles. The first-order valence-corrected chi connectivity index (χ1v) is 7.11. The number of hydrogen-bond acceptors (Lipinski definition) is 4. The van der Waals surface area contributed by atoms with E-state index in [2.05, 4.69) is 5.32 Å². The van der Waals surface area contributed by atoms with Crippen LogP contribution in [0.25, 0.3) is 0 Å². The van der Waals surface area contributed by atoms with Gasteiger partial charge in [0.25, 0.3) is 5.91 Å². The number of hydrogen-bond donors (Lipinski definition) is 1. The van der Waals surface area contributed by atoms with Gasteiger partial charge in [-0.3, -0.25) is 4.79 Å². The van der Waals surface area contributed by atoms with Crippen molar-refractivity contribution in [3.8, 4) is 17.2 Å². The Morgan fingerprint density at radius 3 is 2.24 bits per heavy atom. The van der Waals surface area contributed by atoms with Crippen molar-refractivity contribution in [3.05, 3.63) is 17.7 Å². The maximum absolute atomic E-state index is 12.3. The van der Waals surface area contributed by atoms with Crippen molar-refractivity contribution in [2.24, 2.45) is 5.92 Å². The maximum Gasteiger partial charge on any atom is 0.255 e. The van der Waals surface area contributed by atoms with E-state index in [9.17, 15) is 4.79 Å². The van der Waals surface area contributed by atoms with Crippen LogP contribution in [0.1, 0.15) is 24.2 Å². The molecule has 5 nitrogen and oxygen atoms in total. The van der Waals surface area contributed by atoms with Crippen LogP contribution in [0.4, 0.5) is 0 Å². The Morgan fingerprint density at radius 2 is 1.76 bits per heavy atom. The zero-order valence-electron chi connectivity index (χ0n) is 13.0.